The first kappa shape index (κ1) is 16.4. The molecule has 1 aromatic rings. The summed E-state index contributed by atoms with van der Waals surface area (Å²) in [7, 11) is 0. The van der Waals surface area contributed by atoms with Crippen molar-refractivity contribution in [3.8, 4) is 0 Å². The van der Waals surface area contributed by atoms with Crippen LogP contribution in [0.3, 0.4) is 0 Å². The van der Waals surface area contributed by atoms with Gasteiger partial charge in [0.15, 0.2) is 0 Å². The molecule has 0 aliphatic carbocycles. The van der Waals surface area contributed by atoms with E-state index in [0.717, 1.165) is 6.54 Å². The van der Waals surface area contributed by atoms with Gasteiger partial charge in [-0.05, 0) is 31.9 Å². The van der Waals surface area contributed by atoms with Crippen LogP contribution in [0, 0.1) is 11.7 Å². The fourth-order valence-corrected chi connectivity index (χ4v) is 2.49. The molecule has 4 heteroatoms. The first-order chi connectivity index (χ1) is 8.86. The van der Waals surface area contributed by atoms with Gasteiger partial charge in [-0.2, -0.15) is 0 Å². The molecule has 0 heterocycles. The quantitative estimate of drug-likeness (QED) is 0.861. The fraction of sp³-hybridized carbons (Fsp3) is 0.600. The largest absolute Gasteiger partial charge is 0.329 e. The van der Waals surface area contributed by atoms with Crippen molar-refractivity contribution in [1.29, 1.82) is 0 Å². The summed E-state index contributed by atoms with van der Waals surface area (Å²) in [5.41, 5.74) is 6.51. The van der Waals surface area contributed by atoms with Gasteiger partial charge in [0.1, 0.15) is 5.82 Å². The third-order valence-corrected chi connectivity index (χ3v) is 3.42. The van der Waals surface area contributed by atoms with E-state index >= 15 is 0 Å². The van der Waals surface area contributed by atoms with Crippen molar-refractivity contribution in [2.75, 3.05) is 13.1 Å². The van der Waals surface area contributed by atoms with Gasteiger partial charge in [0.25, 0.3) is 0 Å². The topological polar surface area (TPSA) is 29.3 Å². The minimum absolute atomic E-state index is 0.111. The lowest BCUT2D eigenvalue weighted by molar-refractivity contribution is 0.136. The van der Waals surface area contributed by atoms with E-state index in [-0.39, 0.29) is 11.9 Å². The van der Waals surface area contributed by atoms with E-state index in [4.69, 9.17) is 17.3 Å². The van der Waals surface area contributed by atoms with E-state index in [9.17, 15) is 4.39 Å². The van der Waals surface area contributed by atoms with Gasteiger partial charge in [-0.15, -0.1) is 0 Å². The molecular formula is C15H24ClFN2. The van der Waals surface area contributed by atoms with Gasteiger partial charge >= 0.3 is 0 Å². The lowest BCUT2D eigenvalue weighted by atomic mass is 10.0. The number of rotatable bonds is 6. The Balaban J connectivity index is 3.08. The van der Waals surface area contributed by atoms with Gasteiger partial charge in [-0.1, -0.05) is 31.5 Å². The van der Waals surface area contributed by atoms with E-state index in [1.165, 1.54) is 6.07 Å². The molecule has 0 aromatic heterocycles. The second-order valence-electron chi connectivity index (χ2n) is 5.60. The summed E-state index contributed by atoms with van der Waals surface area (Å²) >= 11 is 5.81. The van der Waals surface area contributed by atoms with Crippen LogP contribution in [0.4, 0.5) is 4.39 Å². The maximum atomic E-state index is 14.1. The Hall–Kier alpha value is -0.640. The Labute approximate surface area is 120 Å². The first-order valence-corrected chi connectivity index (χ1v) is 7.15. The molecule has 0 saturated heterocycles. The molecule has 19 heavy (non-hydrogen) atoms. The second kappa shape index (κ2) is 7.22. The standard InChI is InChI=1S/C15H24ClFN2/c1-10(2)9-19(11(3)4)15(8-18)13-6-5-12(16)7-14(13)17/h5-7,10-11,15H,8-9,18H2,1-4H3. The summed E-state index contributed by atoms with van der Waals surface area (Å²) in [6, 6.07) is 5.01. The van der Waals surface area contributed by atoms with Gasteiger partial charge < -0.3 is 5.73 Å². The number of benzene rings is 1. The summed E-state index contributed by atoms with van der Waals surface area (Å²) in [6.07, 6.45) is 0. The van der Waals surface area contributed by atoms with Crippen molar-refractivity contribution in [1.82, 2.24) is 4.90 Å². The smallest absolute Gasteiger partial charge is 0.129 e. The minimum atomic E-state index is -0.280. The average molecular weight is 287 g/mol. The lowest BCUT2D eigenvalue weighted by Gasteiger charge is -2.36. The highest BCUT2D eigenvalue weighted by Crippen LogP contribution is 2.27. The highest BCUT2D eigenvalue weighted by molar-refractivity contribution is 6.30. The van der Waals surface area contributed by atoms with Crippen LogP contribution in [0.2, 0.25) is 5.02 Å². The zero-order valence-corrected chi connectivity index (χ0v) is 12.9. The molecule has 1 aromatic carbocycles. The maximum Gasteiger partial charge on any atom is 0.129 e. The van der Waals surface area contributed by atoms with Gasteiger partial charge in [0, 0.05) is 29.7 Å². The molecule has 0 amide bonds. The fourth-order valence-electron chi connectivity index (χ4n) is 2.33. The predicted octanol–water partition coefficient (Wildman–Crippen LogP) is 3.85. The van der Waals surface area contributed by atoms with Gasteiger partial charge in [-0.3, -0.25) is 4.90 Å². The molecule has 1 rings (SSSR count). The Bertz CT molecular complexity index is 407. The van der Waals surface area contributed by atoms with Gasteiger partial charge in [0.05, 0.1) is 6.04 Å². The summed E-state index contributed by atoms with van der Waals surface area (Å²) < 4.78 is 14.1. The molecule has 0 radical (unpaired) electrons. The third-order valence-electron chi connectivity index (χ3n) is 3.18. The Morgan fingerprint density at radius 2 is 1.89 bits per heavy atom. The normalized spacial score (nSPS) is 13.6. The monoisotopic (exact) mass is 286 g/mol. The zero-order chi connectivity index (χ0) is 14.6. The molecule has 2 N–H and O–H groups in total. The second-order valence-corrected chi connectivity index (χ2v) is 6.04. The molecule has 1 atom stereocenters. The van der Waals surface area contributed by atoms with Crippen LogP contribution in [0.1, 0.15) is 39.3 Å². The molecule has 0 spiro atoms. The number of halogens is 2. The highest BCUT2D eigenvalue weighted by Gasteiger charge is 2.24. The van der Waals surface area contributed by atoms with E-state index in [1.807, 2.05) is 0 Å². The molecule has 2 nitrogen and oxygen atoms in total. The van der Waals surface area contributed by atoms with E-state index in [1.54, 1.807) is 12.1 Å². The van der Waals surface area contributed by atoms with Crippen LogP contribution in [0.25, 0.3) is 0 Å². The molecular weight excluding hydrogens is 263 g/mol. The first-order valence-electron chi connectivity index (χ1n) is 6.77. The Morgan fingerprint density at radius 1 is 1.26 bits per heavy atom. The van der Waals surface area contributed by atoms with Crippen LogP contribution in [0.5, 0.6) is 0 Å². The molecule has 0 fully saturated rings. The summed E-state index contributed by atoms with van der Waals surface area (Å²) in [5.74, 6) is 0.226. The number of hydrogen-bond acceptors (Lipinski definition) is 2. The van der Waals surface area contributed by atoms with E-state index in [2.05, 4.69) is 32.6 Å². The number of hydrogen-bond donors (Lipinski definition) is 1. The molecule has 1 unspecified atom stereocenters. The van der Waals surface area contributed by atoms with E-state index in [0.29, 0.717) is 29.1 Å². The van der Waals surface area contributed by atoms with Crippen molar-refractivity contribution < 1.29 is 4.39 Å². The predicted molar refractivity (Wildman–Crippen MR) is 79.9 cm³/mol. The third kappa shape index (κ3) is 4.44. The molecule has 0 saturated carbocycles. The van der Waals surface area contributed by atoms with Crippen molar-refractivity contribution in [3.63, 3.8) is 0 Å². The molecule has 0 aliphatic heterocycles. The average Bonchev–Trinajstić information content (AvgIpc) is 2.30. The highest BCUT2D eigenvalue weighted by atomic mass is 35.5. The SMILES string of the molecule is CC(C)CN(C(C)C)C(CN)c1ccc(Cl)cc1F. The van der Waals surface area contributed by atoms with Crippen LogP contribution in [0.15, 0.2) is 18.2 Å². The van der Waals surface area contributed by atoms with Gasteiger partial charge in [0.2, 0.25) is 0 Å². The van der Waals surface area contributed by atoms with Gasteiger partial charge in [-0.25, -0.2) is 4.39 Å². The molecule has 0 aliphatic rings. The van der Waals surface area contributed by atoms with Crippen molar-refractivity contribution in [3.05, 3.63) is 34.6 Å². The molecule has 0 bridgehead atoms. The van der Waals surface area contributed by atoms with Crippen molar-refractivity contribution >= 4 is 11.6 Å². The minimum Gasteiger partial charge on any atom is -0.329 e. The number of nitrogens with two attached hydrogens (primary N) is 1. The summed E-state index contributed by atoms with van der Waals surface area (Å²) in [6.45, 7) is 9.81. The van der Waals surface area contributed by atoms with Crippen molar-refractivity contribution in [2.45, 2.75) is 39.8 Å². The summed E-state index contributed by atoms with van der Waals surface area (Å²) in [5, 5.41) is 0.414. The zero-order valence-electron chi connectivity index (χ0n) is 12.2. The Morgan fingerprint density at radius 3 is 2.32 bits per heavy atom. The van der Waals surface area contributed by atoms with Crippen LogP contribution < -0.4 is 5.73 Å². The van der Waals surface area contributed by atoms with Crippen molar-refractivity contribution in [2.24, 2.45) is 11.7 Å². The van der Waals surface area contributed by atoms with Crippen LogP contribution >= 0.6 is 11.6 Å². The maximum absolute atomic E-state index is 14.1. The molecule has 108 valence electrons. The summed E-state index contributed by atoms with van der Waals surface area (Å²) in [4.78, 5) is 2.25. The van der Waals surface area contributed by atoms with Crippen LogP contribution in [-0.4, -0.2) is 24.0 Å². The Kier molecular flexibility index (Phi) is 6.24. The lowest BCUT2D eigenvalue weighted by Crippen LogP contribution is -2.41. The number of nitrogens with zero attached hydrogens (tertiary/aromatic N) is 1. The van der Waals surface area contributed by atoms with E-state index < -0.39 is 0 Å². The van der Waals surface area contributed by atoms with Crippen LogP contribution in [-0.2, 0) is 0 Å².